The summed E-state index contributed by atoms with van der Waals surface area (Å²) in [6.07, 6.45) is 1.41. The summed E-state index contributed by atoms with van der Waals surface area (Å²) in [4.78, 5) is 35.3. The highest BCUT2D eigenvalue weighted by molar-refractivity contribution is 6.02. The number of rotatable bonds is 5. The molecule has 0 atom stereocenters. The van der Waals surface area contributed by atoms with E-state index in [0.29, 0.717) is 22.6 Å². The normalized spacial score (nSPS) is 10.2. The molecule has 0 spiro atoms. The highest BCUT2D eigenvalue weighted by Gasteiger charge is 2.11. The number of Topliss-reactive ketones (excluding diaryl/α,β-unsaturated/α-hetero) is 1. The SMILES string of the molecule is CC(=O)c1ccc(OC(=O)c2ccc(NC(=O)c3ccco3)cc2)cc1. The van der Waals surface area contributed by atoms with Gasteiger partial charge < -0.3 is 14.5 Å². The predicted octanol–water partition coefficient (Wildman–Crippen LogP) is 3.95. The van der Waals surface area contributed by atoms with Crippen LogP contribution in [0.15, 0.2) is 71.3 Å². The first kappa shape index (κ1) is 17.2. The molecule has 0 saturated carbocycles. The lowest BCUT2D eigenvalue weighted by Crippen LogP contribution is -2.12. The quantitative estimate of drug-likeness (QED) is 0.428. The van der Waals surface area contributed by atoms with Gasteiger partial charge in [0.1, 0.15) is 5.75 Å². The molecule has 0 aliphatic rings. The fourth-order valence-corrected chi connectivity index (χ4v) is 2.21. The molecule has 26 heavy (non-hydrogen) atoms. The highest BCUT2D eigenvalue weighted by atomic mass is 16.5. The molecule has 0 unspecified atom stereocenters. The average Bonchev–Trinajstić information content (AvgIpc) is 3.17. The summed E-state index contributed by atoms with van der Waals surface area (Å²) in [6, 6.07) is 15.8. The van der Waals surface area contributed by atoms with Crippen LogP contribution < -0.4 is 10.1 Å². The minimum absolute atomic E-state index is 0.0601. The maximum absolute atomic E-state index is 12.2. The fourth-order valence-electron chi connectivity index (χ4n) is 2.21. The van der Waals surface area contributed by atoms with E-state index in [4.69, 9.17) is 9.15 Å². The minimum Gasteiger partial charge on any atom is -0.459 e. The summed E-state index contributed by atoms with van der Waals surface area (Å²) in [5.74, 6) is -0.437. The zero-order valence-corrected chi connectivity index (χ0v) is 13.9. The first-order valence-corrected chi connectivity index (χ1v) is 7.81. The Hall–Kier alpha value is -3.67. The maximum atomic E-state index is 12.2. The molecule has 6 heteroatoms. The van der Waals surface area contributed by atoms with Crippen LogP contribution in [0.1, 0.15) is 38.2 Å². The van der Waals surface area contributed by atoms with Crippen molar-refractivity contribution in [2.75, 3.05) is 5.32 Å². The third kappa shape index (κ3) is 4.05. The molecule has 0 aliphatic heterocycles. The summed E-state index contributed by atoms with van der Waals surface area (Å²) in [5.41, 5.74) is 1.40. The van der Waals surface area contributed by atoms with Crippen molar-refractivity contribution in [1.29, 1.82) is 0 Å². The number of amides is 1. The molecule has 3 aromatic rings. The number of nitrogens with one attached hydrogen (secondary N) is 1. The summed E-state index contributed by atoms with van der Waals surface area (Å²) >= 11 is 0. The van der Waals surface area contributed by atoms with Crippen molar-refractivity contribution in [2.24, 2.45) is 0 Å². The Kier molecular flexibility index (Phi) is 4.94. The first-order valence-electron chi connectivity index (χ1n) is 7.81. The maximum Gasteiger partial charge on any atom is 0.343 e. The molecule has 1 heterocycles. The molecule has 0 bridgehead atoms. The molecule has 2 aromatic carbocycles. The van der Waals surface area contributed by atoms with Gasteiger partial charge >= 0.3 is 5.97 Å². The second-order valence-corrected chi connectivity index (χ2v) is 5.48. The van der Waals surface area contributed by atoms with Gasteiger partial charge in [-0.15, -0.1) is 0 Å². The molecular weight excluding hydrogens is 334 g/mol. The smallest absolute Gasteiger partial charge is 0.343 e. The number of hydrogen-bond acceptors (Lipinski definition) is 5. The zero-order chi connectivity index (χ0) is 18.5. The van der Waals surface area contributed by atoms with Crippen LogP contribution in [0.4, 0.5) is 5.69 Å². The van der Waals surface area contributed by atoms with Crippen LogP contribution in [0.25, 0.3) is 0 Å². The fraction of sp³-hybridized carbons (Fsp3) is 0.0500. The van der Waals surface area contributed by atoms with E-state index in [1.807, 2.05) is 0 Å². The topological polar surface area (TPSA) is 85.6 Å². The molecule has 1 aromatic heterocycles. The van der Waals surface area contributed by atoms with Crippen LogP contribution in [0.3, 0.4) is 0 Å². The number of furan rings is 1. The van der Waals surface area contributed by atoms with Crippen LogP contribution in [0.5, 0.6) is 5.75 Å². The number of carbonyl (C=O) groups is 3. The molecule has 1 N–H and O–H groups in total. The van der Waals surface area contributed by atoms with Gasteiger partial charge in [0.25, 0.3) is 5.91 Å². The Labute approximate surface area is 149 Å². The van der Waals surface area contributed by atoms with Crippen molar-refractivity contribution in [3.8, 4) is 5.75 Å². The number of carbonyl (C=O) groups excluding carboxylic acids is 3. The molecule has 6 nitrogen and oxygen atoms in total. The van der Waals surface area contributed by atoms with Crippen molar-refractivity contribution in [3.63, 3.8) is 0 Å². The third-order valence-electron chi connectivity index (χ3n) is 3.59. The van der Waals surface area contributed by atoms with Crippen LogP contribution in [0, 0.1) is 0 Å². The summed E-state index contributed by atoms with van der Waals surface area (Å²) in [7, 11) is 0. The lowest BCUT2D eigenvalue weighted by atomic mass is 10.1. The van der Waals surface area contributed by atoms with Gasteiger partial charge in [0.05, 0.1) is 11.8 Å². The number of anilines is 1. The second kappa shape index (κ2) is 7.48. The van der Waals surface area contributed by atoms with Gasteiger partial charge in [0.15, 0.2) is 11.5 Å². The highest BCUT2D eigenvalue weighted by Crippen LogP contribution is 2.16. The minimum atomic E-state index is -0.538. The van der Waals surface area contributed by atoms with Crippen molar-refractivity contribution < 1.29 is 23.5 Å². The Balaban J connectivity index is 1.63. The van der Waals surface area contributed by atoms with Gasteiger partial charge in [0.2, 0.25) is 0 Å². The molecule has 0 saturated heterocycles. The van der Waals surface area contributed by atoms with Gasteiger partial charge in [-0.2, -0.15) is 0 Å². The van der Waals surface area contributed by atoms with Crippen LogP contribution in [-0.4, -0.2) is 17.7 Å². The zero-order valence-electron chi connectivity index (χ0n) is 13.9. The van der Waals surface area contributed by atoms with Gasteiger partial charge in [-0.3, -0.25) is 9.59 Å². The number of ether oxygens (including phenoxy) is 1. The van der Waals surface area contributed by atoms with E-state index in [2.05, 4.69) is 5.32 Å². The van der Waals surface area contributed by atoms with Crippen LogP contribution >= 0.6 is 0 Å². The van der Waals surface area contributed by atoms with E-state index < -0.39 is 5.97 Å². The average molecular weight is 349 g/mol. The molecule has 1 amide bonds. The Morgan fingerprint density at radius 2 is 1.54 bits per heavy atom. The van der Waals surface area contributed by atoms with Crippen molar-refractivity contribution >= 4 is 23.3 Å². The van der Waals surface area contributed by atoms with E-state index in [0.717, 1.165) is 0 Å². The van der Waals surface area contributed by atoms with Gasteiger partial charge in [-0.25, -0.2) is 4.79 Å². The number of benzene rings is 2. The molecule has 0 radical (unpaired) electrons. The van der Waals surface area contributed by atoms with E-state index in [1.54, 1.807) is 60.7 Å². The van der Waals surface area contributed by atoms with Crippen molar-refractivity contribution in [3.05, 3.63) is 83.8 Å². The predicted molar refractivity (Wildman–Crippen MR) is 94.5 cm³/mol. The summed E-state index contributed by atoms with van der Waals surface area (Å²) in [6.45, 7) is 1.47. The molecule has 0 fully saturated rings. The molecule has 130 valence electrons. The number of esters is 1. The van der Waals surface area contributed by atoms with E-state index >= 15 is 0 Å². The van der Waals surface area contributed by atoms with Gasteiger partial charge in [0, 0.05) is 11.3 Å². The lowest BCUT2D eigenvalue weighted by Gasteiger charge is -2.07. The van der Waals surface area contributed by atoms with E-state index in [1.165, 1.54) is 13.2 Å². The van der Waals surface area contributed by atoms with Gasteiger partial charge in [-0.1, -0.05) is 0 Å². The largest absolute Gasteiger partial charge is 0.459 e. The van der Waals surface area contributed by atoms with Crippen molar-refractivity contribution in [1.82, 2.24) is 0 Å². The van der Waals surface area contributed by atoms with E-state index in [9.17, 15) is 14.4 Å². The number of hydrogen-bond donors (Lipinski definition) is 1. The summed E-state index contributed by atoms with van der Waals surface area (Å²) < 4.78 is 10.3. The van der Waals surface area contributed by atoms with E-state index in [-0.39, 0.29) is 17.5 Å². The molecule has 3 rings (SSSR count). The lowest BCUT2D eigenvalue weighted by molar-refractivity contribution is 0.0734. The number of ketones is 1. The standard InChI is InChI=1S/C20H15NO5/c1-13(22)14-6-10-17(11-7-14)26-20(24)15-4-8-16(9-5-15)21-19(23)18-3-2-12-25-18/h2-12H,1H3,(H,21,23). The van der Waals surface area contributed by atoms with Crippen molar-refractivity contribution in [2.45, 2.75) is 6.92 Å². The van der Waals surface area contributed by atoms with Gasteiger partial charge in [-0.05, 0) is 67.6 Å². The van der Waals surface area contributed by atoms with Crippen LogP contribution in [-0.2, 0) is 0 Å². The van der Waals surface area contributed by atoms with Crippen LogP contribution in [0.2, 0.25) is 0 Å². The Bertz CT molecular complexity index is 925. The molecule has 0 aliphatic carbocycles. The Morgan fingerprint density at radius 1 is 0.885 bits per heavy atom. The summed E-state index contributed by atoms with van der Waals surface area (Å²) in [5, 5.41) is 2.66. The monoisotopic (exact) mass is 349 g/mol. The first-order chi connectivity index (χ1) is 12.5. The second-order valence-electron chi connectivity index (χ2n) is 5.48. The molecular formula is C20H15NO5. The third-order valence-corrected chi connectivity index (χ3v) is 3.59. The Morgan fingerprint density at radius 3 is 2.12 bits per heavy atom.